The fraction of sp³-hybridized carbons (Fsp3) is 0.234. The summed E-state index contributed by atoms with van der Waals surface area (Å²) in [6.45, 7) is 4.18. The Bertz CT molecular complexity index is 2350. The van der Waals surface area contributed by atoms with E-state index in [0.29, 0.717) is 39.3 Å². The number of hydrogen-bond acceptors (Lipinski definition) is 8. The molecule has 8 nitrogen and oxygen atoms in total. The lowest BCUT2D eigenvalue weighted by molar-refractivity contribution is 0.0615. The number of pyridine rings is 4. The number of aryl methyl sites for hydroxylation is 1. The van der Waals surface area contributed by atoms with Gasteiger partial charge in [0.2, 0.25) is 0 Å². The highest BCUT2D eigenvalue weighted by atomic mass is 16.3. The molecule has 0 amide bonds. The summed E-state index contributed by atoms with van der Waals surface area (Å²) in [5.74, 6) is 0.871. The van der Waals surface area contributed by atoms with Crippen LogP contribution >= 0.6 is 0 Å². The van der Waals surface area contributed by atoms with Crippen LogP contribution in [0.25, 0.3) is 32.3 Å². The van der Waals surface area contributed by atoms with Gasteiger partial charge >= 0.3 is 0 Å². The molecule has 0 aliphatic heterocycles. The van der Waals surface area contributed by atoms with Crippen molar-refractivity contribution >= 4 is 38.1 Å². The molecule has 0 spiro atoms. The van der Waals surface area contributed by atoms with Crippen LogP contribution in [0.1, 0.15) is 41.2 Å². The van der Waals surface area contributed by atoms with Crippen molar-refractivity contribution in [3.8, 4) is 0 Å². The molecular formula is C47H47N7O. The maximum absolute atomic E-state index is 11.6. The number of hydrogen-bond donors (Lipinski definition) is 2. The number of benzene rings is 4. The van der Waals surface area contributed by atoms with E-state index in [1.807, 2.05) is 79.3 Å². The van der Waals surface area contributed by atoms with E-state index in [-0.39, 0.29) is 0 Å². The Hall–Kier alpha value is -5.80. The maximum Gasteiger partial charge on any atom is 0.126 e. The van der Waals surface area contributed by atoms with Gasteiger partial charge in [-0.25, -0.2) is 4.98 Å². The third-order valence-corrected chi connectivity index (χ3v) is 10.3. The van der Waals surface area contributed by atoms with Gasteiger partial charge in [0.1, 0.15) is 5.82 Å². The first kappa shape index (κ1) is 36.2. The number of aromatic nitrogens is 4. The molecule has 4 aromatic carbocycles. The summed E-state index contributed by atoms with van der Waals surface area (Å²) in [6, 6.07) is 44.3. The number of unbranched alkanes of at least 4 members (excludes halogenated alkanes) is 1. The van der Waals surface area contributed by atoms with Gasteiger partial charge in [0.15, 0.2) is 0 Å². The van der Waals surface area contributed by atoms with Crippen LogP contribution in [0.2, 0.25) is 0 Å². The maximum atomic E-state index is 11.6. The Morgan fingerprint density at radius 3 is 1.64 bits per heavy atom. The molecule has 8 rings (SSSR count). The zero-order chi connectivity index (χ0) is 37.2. The third-order valence-electron chi connectivity index (χ3n) is 10.3. The topological polar surface area (TPSA) is 90.3 Å². The van der Waals surface area contributed by atoms with Crippen molar-refractivity contribution in [1.29, 1.82) is 0 Å². The standard InChI is InChI=1S/C47H47N7O/c55-43(33-53(29-39-14-2-6-25-48-39)30-40-15-3-7-26-49-40)34-54(31-41-16-4-8-27-50-41)32-42-17-10-18-45(52-42)51-28-5-1-11-35-19-20-38-22-21-36-12-9-13-37-23-24-44(35)47(38)46(36)37/h2-4,6-10,12-27,43,55H,1,5,11,28-34H2,(H,51,52). The van der Waals surface area contributed by atoms with Gasteiger partial charge < -0.3 is 10.4 Å². The summed E-state index contributed by atoms with van der Waals surface area (Å²) in [6.07, 6.45) is 7.98. The van der Waals surface area contributed by atoms with Crippen LogP contribution in [0.15, 0.2) is 146 Å². The molecule has 0 saturated carbocycles. The van der Waals surface area contributed by atoms with Gasteiger partial charge in [-0.15, -0.1) is 0 Å². The van der Waals surface area contributed by atoms with Gasteiger partial charge in [0.25, 0.3) is 0 Å². The highest BCUT2D eigenvalue weighted by Crippen LogP contribution is 2.36. The monoisotopic (exact) mass is 725 g/mol. The highest BCUT2D eigenvalue weighted by Gasteiger charge is 2.19. The molecule has 1 unspecified atom stereocenters. The molecule has 0 bridgehead atoms. The highest BCUT2D eigenvalue weighted by molar-refractivity contribution is 6.23. The lowest BCUT2D eigenvalue weighted by Crippen LogP contribution is -2.40. The zero-order valence-electron chi connectivity index (χ0n) is 31.1. The summed E-state index contributed by atoms with van der Waals surface area (Å²) in [4.78, 5) is 23.1. The Morgan fingerprint density at radius 2 is 1.04 bits per heavy atom. The van der Waals surface area contributed by atoms with Crippen LogP contribution in [-0.2, 0) is 32.6 Å². The normalized spacial score (nSPS) is 12.3. The SMILES string of the molecule is OC(CN(Cc1ccccn1)Cc1ccccn1)CN(Cc1ccccn1)Cc1cccc(NCCCCc2ccc3ccc4cccc5ccc2c3c45)n1. The summed E-state index contributed by atoms with van der Waals surface area (Å²) >= 11 is 0. The quantitative estimate of drug-likeness (QED) is 0.0672. The number of aliphatic hydroxyl groups excluding tert-OH is 1. The van der Waals surface area contributed by atoms with Crippen molar-refractivity contribution in [1.82, 2.24) is 29.7 Å². The van der Waals surface area contributed by atoms with Crippen molar-refractivity contribution in [3.05, 3.63) is 174 Å². The second kappa shape index (κ2) is 17.6. The molecule has 1 atom stereocenters. The average Bonchev–Trinajstić information content (AvgIpc) is 3.21. The average molecular weight is 726 g/mol. The Labute approximate surface area is 322 Å². The van der Waals surface area contributed by atoms with E-state index in [0.717, 1.165) is 54.4 Å². The van der Waals surface area contributed by atoms with Gasteiger partial charge in [-0.3, -0.25) is 24.8 Å². The van der Waals surface area contributed by atoms with Gasteiger partial charge in [0, 0.05) is 64.4 Å². The van der Waals surface area contributed by atoms with Gasteiger partial charge in [-0.1, -0.05) is 78.9 Å². The lowest BCUT2D eigenvalue weighted by Gasteiger charge is -2.29. The van der Waals surface area contributed by atoms with E-state index >= 15 is 0 Å². The van der Waals surface area contributed by atoms with Crippen LogP contribution in [0, 0.1) is 0 Å². The molecular weight excluding hydrogens is 679 g/mol. The van der Waals surface area contributed by atoms with Crippen molar-refractivity contribution in [3.63, 3.8) is 0 Å². The molecule has 276 valence electrons. The predicted octanol–water partition coefficient (Wildman–Crippen LogP) is 8.66. The minimum atomic E-state index is -0.620. The zero-order valence-corrected chi connectivity index (χ0v) is 31.1. The minimum Gasteiger partial charge on any atom is -0.390 e. The first-order chi connectivity index (χ1) is 27.1. The van der Waals surface area contributed by atoms with E-state index in [1.54, 1.807) is 0 Å². The van der Waals surface area contributed by atoms with Crippen molar-refractivity contribution in [2.75, 3.05) is 25.0 Å². The Balaban J connectivity index is 0.891. The van der Waals surface area contributed by atoms with Crippen LogP contribution in [0.5, 0.6) is 0 Å². The van der Waals surface area contributed by atoms with Gasteiger partial charge in [-0.05, 0) is 106 Å². The molecule has 0 aliphatic rings. The number of rotatable bonds is 18. The molecule has 0 aliphatic carbocycles. The summed E-state index contributed by atoms with van der Waals surface area (Å²) in [7, 11) is 0. The fourth-order valence-electron chi connectivity index (χ4n) is 7.75. The van der Waals surface area contributed by atoms with Crippen molar-refractivity contribution in [2.45, 2.75) is 51.5 Å². The molecule has 4 heterocycles. The minimum absolute atomic E-state index is 0.458. The number of nitrogens with zero attached hydrogens (tertiary/aromatic N) is 6. The number of aliphatic hydroxyl groups is 1. The Morgan fingerprint density at radius 1 is 0.509 bits per heavy atom. The molecule has 4 aromatic heterocycles. The summed E-state index contributed by atoms with van der Waals surface area (Å²) in [5, 5.41) is 23.2. The molecule has 0 radical (unpaired) electrons. The van der Waals surface area contributed by atoms with Crippen LogP contribution in [-0.4, -0.2) is 60.6 Å². The van der Waals surface area contributed by atoms with E-state index < -0.39 is 6.10 Å². The molecule has 0 saturated heterocycles. The predicted molar refractivity (Wildman–Crippen MR) is 223 cm³/mol. The largest absolute Gasteiger partial charge is 0.390 e. The van der Waals surface area contributed by atoms with E-state index in [4.69, 9.17) is 4.98 Å². The van der Waals surface area contributed by atoms with Crippen LogP contribution in [0.3, 0.4) is 0 Å². The van der Waals surface area contributed by atoms with Crippen LogP contribution < -0.4 is 5.32 Å². The second-order valence-corrected chi connectivity index (χ2v) is 14.4. The van der Waals surface area contributed by atoms with E-state index in [2.05, 4.69) is 96.8 Å². The Kier molecular flexibility index (Phi) is 11.6. The number of anilines is 1. The van der Waals surface area contributed by atoms with E-state index in [9.17, 15) is 5.11 Å². The summed E-state index contributed by atoms with van der Waals surface area (Å²) < 4.78 is 0. The lowest BCUT2D eigenvalue weighted by atomic mass is 9.90. The van der Waals surface area contributed by atoms with Gasteiger partial charge in [-0.2, -0.15) is 0 Å². The molecule has 0 fully saturated rings. The van der Waals surface area contributed by atoms with Crippen molar-refractivity contribution in [2.24, 2.45) is 0 Å². The van der Waals surface area contributed by atoms with E-state index in [1.165, 1.54) is 37.9 Å². The smallest absolute Gasteiger partial charge is 0.126 e. The second-order valence-electron chi connectivity index (χ2n) is 14.4. The molecule has 8 heteroatoms. The van der Waals surface area contributed by atoms with Gasteiger partial charge in [0.05, 0.1) is 28.9 Å². The first-order valence-corrected chi connectivity index (χ1v) is 19.3. The molecule has 8 aromatic rings. The third kappa shape index (κ3) is 9.30. The first-order valence-electron chi connectivity index (χ1n) is 19.3. The van der Waals surface area contributed by atoms with Crippen molar-refractivity contribution < 1.29 is 5.11 Å². The molecule has 2 N–H and O–H groups in total. The summed E-state index contributed by atoms with van der Waals surface area (Å²) in [5.41, 5.74) is 5.22. The van der Waals surface area contributed by atoms with Crippen LogP contribution in [0.4, 0.5) is 5.82 Å². The molecule has 55 heavy (non-hydrogen) atoms. The fourth-order valence-corrected chi connectivity index (χ4v) is 7.75. The number of nitrogens with one attached hydrogen (secondary N) is 1.